The van der Waals surface area contributed by atoms with Crippen LogP contribution in [0, 0.1) is 6.92 Å². The van der Waals surface area contributed by atoms with Gasteiger partial charge >= 0.3 is 6.18 Å². The number of nitrogens with zero attached hydrogens (tertiary/aromatic N) is 3. The fourth-order valence-electron chi connectivity index (χ4n) is 2.44. The molecule has 0 unspecified atom stereocenters. The van der Waals surface area contributed by atoms with Crippen molar-refractivity contribution in [2.24, 2.45) is 0 Å². The van der Waals surface area contributed by atoms with Gasteiger partial charge < -0.3 is 15.0 Å². The van der Waals surface area contributed by atoms with Crippen LogP contribution in [0.1, 0.15) is 18.5 Å². The minimum atomic E-state index is -4.26. The van der Waals surface area contributed by atoms with Crippen molar-refractivity contribution in [1.82, 2.24) is 15.5 Å². The highest BCUT2D eigenvalue weighted by molar-refractivity contribution is 5.38. The quantitative estimate of drug-likeness (QED) is 0.812. The van der Waals surface area contributed by atoms with Crippen molar-refractivity contribution in [3.05, 3.63) is 17.8 Å². The molecule has 2 rings (SSSR count). The Labute approximate surface area is 127 Å². The fraction of sp³-hybridized carbons (Fsp3) is 0.714. The number of halogens is 3. The monoisotopic (exact) mass is 318 g/mol. The first-order chi connectivity index (χ1) is 10.4. The van der Waals surface area contributed by atoms with Crippen LogP contribution in [0.15, 0.2) is 12.1 Å². The standard InChI is InChI=1S/C14H21F3N4O/c1-11-4-5-13(20-19-11)21-7-2-3-12(9-21)18-6-8-22-10-14(15,16)17/h4-5,12,18H,2-3,6-10H2,1H3/t12-/m1/s1. The Balaban J connectivity index is 1.71. The largest absolute Gasteiger partial charge is 0.411 e. The first kappa shape index (κ1) is 17.0. The van der Waals surface area contributed by atoms with E-state index >= 15 is 0 Å². The molecule has 1 fully saturated rings. The van der Waals surface area contributed by atoms with Crippen molar-refractivity contribution in [3.8, 4) is 0 Å². The van der Waals surface area contributed by atoms with E-state index in [4.69, 9.17) is 0 Å². The van der Waals surface area contributed by atoms with Crippen LogP contribution in [0.2, 0.25) is 0 Å². The van der Waals surface area contributed by atoms with Crippen LogP contribution in [0.3, 0.4) is 0 Å². The van der Waals surface area contributed by atoms with Gasteiger partial charge in [-0.25, -0.2) is 0 Å². The highest BCUT2D eigenvalue weighted by Crippen LogP contribution is 2.17. The molecule has 1 atom stereocenters. The number of rotatable bonds is 6. The molecule has 1 aliphatic rings. The zero-order valence-electron chi connectivity index (χ0n) is 12.6. The Kier molecular flexibility index (Phi) is 5.96. The minimum absolute atomic E-state index is 0.0559. The average Bonchev–Trinajstić information content (AvgIpc) is 2.47. The molecular formula is C14H21F3N4O. The highest BCUT2D eigenvalue weighted by atomic mass is 19.4. The average molecular weight is 318 g/mol. The maximum absolute atomic E-state index is 11.9. The van der Waals surface area contributed by atoms with Gasteiger partial charge in [-0.1, -0.05) is 0 Å². The summed E-state index contributed by atoms with van der Waals surface area (Å²) in [6, 6.07) is 4.09. The number of ether oxygens (including phenoxy) is 1. The van der Waals surface area contributed by atoms with E-state index < -0.39 is 12.8 Å². The van der Waals surface area contributed by atoms with Crippen LogP contribution >= 0.6 is 0 Å². The van der Waals surface area contributed by atoms with E-state index in [1.807, 2.05) is 19.1 Å². The third-order valence-electron chi connectivity index (χ3n) is 3.47. The summed E-state index contributed by atoms with van der Waals surface area (Å²) in [4.78, 5) is 2.14. The smallest absolute Gasteiger partial charge is 0.371 e. The normalized spacial score (nSPS) is 19.5. The number of hydrogen-bond acceptors (Lipinski definition) is 5. The number of anilines is 1. The van der Waals surface area contributed by atoms with Crippen LogP contribution < -0.4 is 10.2 Å². The zero-order valence-corrected chi connectivity index (χ0v) is 12.6. The van der Waals surface area contributed by atoms with Gasteiger partial charge in [0.05, 0.1) is 12.3 Å². The molecule has 0 spiro atoms. The second-order valence-corrected chi connectivity index (χ2v) is 5.44. The Bertz CT molecular complexity index is 452. The first-order valence-corrected chi connectivity index (χ1v) is 7.37. The summed E-state index contributed by atoms with van der Waals surface area (Å²) in [6.45, 7) is 2.86. The summed E-state index contributed by atoms with van der Waals surface area (Å²) in [5.74, 6) is 0.838. The topological polar surface area (TPSA) is 50.3 Å². The van der Waals surface area contributed by atoms with Gasteiger partial charge in [-0.2, -0.15) is 18.3 Å². The molecule has 1 aliphatic heterocycles. The lowest BCUT2D eigenvalue weighted by atomic mass is 10.1. The van der Waals surface area contributed by atoms with E-state index in [-0.39, 0.29) is 12.6 Å². The second kappa shape index (κ2) is 7.73. The van der Waals surface area contributed by atoms with E-state index in [1.54, 1.807) is 0 Å². The lowest BCUT2D eigenvalue weighted by molar-refractivity contribution is -0.173. The first-order valence-electron chi connectivity index (χ1n) is 7.37. The summed E-state index contributed by atoms with van der Waals surface area (Å²) in [7, 11) is 0. The number of alkyl halides is 3. The van der Waals surface area contributed by atoms with Crippen LogP contribution in [-0.4, -0.2) is 55.3 Å². The third kappa shape index (κ3) is 5.76. The Morgan fingerprint density at radius 3 is 2.86 bits per heavy atom. The van der Waals surface area contributed by atoms with E-state index in [9.17, 15) is 13.2 Å². The van der Waals surface area contributed by atoms with E-state index in [1.165, 1.54) is 0 Å². The summed E-state index contributed by atoms with van der Waals surface area (Å²) >= 11 is 0. The van der Waals surface area contributed by atoms with Crippen LogP contribution in [0.4, 0.5) is 19.0 Å². The Morgan fingerprint density at radius 2 is 2.18 bits per heavy atom. The predicted molar refractivity (Wildman–Crippen MR) is 76.9 cm³/mol. The van der Waals surface area contributed by atoms with Gasteiger partial charge in [0, 0.05) is 25.7 Å². The van der Waals surface area contributed by atoms with E-state index in [0.717, 1.165) is 37.4 Å². The molecule has 1 N–H and O–H groups in total. The van der Waals surface area contributed by atoms with Gasteiger partial charge in [-0.05, 0) is 31.9 Å². The molecule has 2 heterocycles. The molecule has 0 bridgehead atoms. The van der Waals surface area contributed by atoms with Crippen molar-refractivity contribution in [2.45, 2.75) is 32.0 Å². The summed E-state index contributed by atoms with van der Waals surface area (Å²) in [5, 5.41) is 11.5. The van der Waals surface area contributed by atoms with Crippen molar-refractivity contribution < 1.29 is 17.9 Å². The van der Waals surface area contributed by atoms with E-state index in [2.05, 4.69) is 25.2 Å². The second-order valence-electron chi connectivity index (χ2n) is 5.44. The molecule has 0 aromatic carbocycles. The SMILES string of the molecule is Cc1ccc(N2CCC[C@@H](NCCOCC(F)(F)F)C2)nn1. The van der Waals surface area contributed by atoms with Gasteiger partial charge in [0.15, 0.2) is 5.82 Å². The van der Waals surface area contributed by atoms with Crippen LogP contribution in [0.5, 0.6) is 0 Å². The van der Waals surface area contributed by atoms with Crippen molar-refractivity contribution in [1.29, 1.82) is 0 Å². The van der Waals surface area contributed by atoms with Gasteiger partial charge in [0.2, 0.25) is 0 Å². The molecule has 5 nitrogen and oxygen atoms in total. The maximum atomic E-state index is 11.9. The lowest BCUT2D eigenvalue weighted by Gasteiger charge is -2.33. The van der Waals surface area contributed by atoms with Crippen LogP contribution in [0.25, 0.3) is 0 Å². The van der Waals surface area contributed by atoms with Crippen LogP contribution in [-0.2, 0) is 4.74 Å². The number of aryl methyl sites for hydroxylation is 1. The maximum Gasteiger partial charge on any atom is 0.411 e. The number of aromatic nitrogens is 2. The molecule has 0 radical (unpaired) electrons. The third-order valence-corrected chi connectivity index (χ3v) is 3.47. The fourth-order valence-corrected chi connectivity index (χ4v) is 2.44. The highest BCUT2D eigenvalue weighted by Gasteiger charge is 2.27. The molecular weight excluding hydrogens is 297 g/mol. The molecule has 124 valence electrons. The molecule has 8 heteroatoms. The van der Waals surface area contributed by atoms with E-state index in [0.29, 0.717) is 6.54 Å². The van der Waals surface area contributed by atoms with Gasteiger partial charge in [0.25, 0.3) is 0 Å². The molecule has 1 aromatic rings. The Morgan fingerprint density at radius 1 is 1.36 bits per heavy atom. The number of hydrogen-bond donors (Lipinski definition) is 1. The minimum Gasteiger partial charge on any atom is -0.371 e. The van der Waals surface area contributed by atoms with Crippen molar-refractivity contribution in [3.63, 3.8) is 0 Å². The van der Waals surface area contributed by atoms with Crippen molar-refractivity contribution in [2.75, 3.05) is 37.7 Å². The molecule has 0 aliphatic carbocycles. The van der Waals surface area contributed by atoms with Crippen molar-refractivity contribution >= 4 is 5.82 Å². The number of nitrogens with one attached hydrogen (secondary N) is 1. The van der Waals surface area contributed by atoms with Gasteiger partial charge in [-0.3, -0.25) is 0 Å². The predicted octanol–water partition coefficient (Wildman–Crippen LogP) is 1.92. The Hall–Kier alpha value is -1.41. The number of piperidine rings is 1. The van der Waals surface area contributed by atoms with Gasteiger partial charge in [0.1, 0.15) is 6.61 Å². The lowest BCUT2D eigenvalue weighted by Crippen LogP contribution is -2.47. The molecule has 0 amide bonds. The molecule has 1 saturated heterocycles. The molecule has 22 heavy (non-hydrogen) atoms. The zero-order chi connectivity index (χ0) is 16.0. The summed E-state index contributed by atoms with van der Waals surface area (Å²) in [6.07, 6.45) is -2.25. The summed E-state index contributed by atoms with van der Waals surface area (Å²) < 4.78 is 40.4. The molecule has 0 saturated carbocycles. The van der Waals surface area contributed by atoms with Gasteiger partial charge in [-0.15, -0.1) is 5.10 Å². The summed E-state index contributed by atoms with van der Waals surface area (Å²) in [5.41, 5.74) is 0.872. The molecule has 1 aromatic heterocycles.